The normalized spacial score (nSPS) is 15.9. The average molecular weight is 224 g/mol. The predicted octanol–water partition coefficient (Wildman–Crippen LogP) is 1.94. The summed E-state index contributed by atoms with van der Waals surface area (Å²) < 4.78 is 0. The molecule has 1 rings (SSSR count). The minimum Gasteiger partial charge on any atom is -0.336 e. The second kappa shape index (κ2) is 5.48. The fraction of sp³-hybridized carbons (Fsp3) is 0.769. The van der Waals surface area contributed by atoms with Crippen LogP contribution >= 0.6 is 0 Å². The van der Waals surface area contributed by atoms with Gasteiger partial charge in [0.25, 0.3) is 0 Å². The molecule has 3 nitrogen and oxygen atoms in total. The van der Waals surface area contributed by atoms with Crippen molar-refractivity contribution in [1.29, 1.82) is 0 Å². The Kier molecular flexibility index (Phi) is 4.54. The van der Waals surface area contributed by atoms with E-state index >= 15 is 0 Å². The number of rotatable bonds is 6. The molecule has 1 N–H and O–H groups in total. The zero-order chi connectivity index (χ0) is 12.2. The first kappa shape index (κ1) is 13.2. The number of hydrogen-bond acceptors (Lipinski definition) is 2. The predicted molar refractivity (Wildman–Crippen MR) is 67.3 cm³/mol. The molecule has 0 atom stereocenters. The van der Waals surface area contributed by atoms with Crippen molar-refractivity contribution in [3.63, 3.8) is 0 Å². The van der Waals surface area contributed by atoms with Gasteiger partial charge in [0.1, 0.15) is 0 Å². The third-order valence-electron chi connectivity index (χ3n) is 2.63. The first-order valence-corrected chi connectivity index (χ1v) is 6.09. The molecular weight excluding hydrogens is 200 g/mol. The Morgan fingerprint density at radius 1 is 1.50 bits per heavy atom. The van der Waals surface area contributed by atoms with Gasteiger partial charge in [-0.25, -0.2) is 0 Å². The minimum atomic E-state index is 0.0864. The first-order valence-electron chi connectivity index (χ1n) is 6.09. The van der Waals surface area contributed by atoms with E-state index in [0.29, 0.717) is 19.0 Å². The maximum absolute atomic E-state index is 11.9. The molecule has 92 valence electrons. The van der Waals surface area contributed by atoms with Gasteiger partial charge in [-0.15, -0.1) is 6.58 Å². The van der Waals surface area contributed by atoms with Crippen LogP contribution in [0.4, 0.5) is 0 Å². The molecule has 0 saturated heterocycles. The van der Waals surface area contributed by atoms with Gasteiger partial charge in [0, 0.05) is 31.1 Å². The van der Waals surface area contributed by atoms with E-state index in [1.165, 1.54) is 0 Å². The fourth-order valence-electron chi connectivity index (χ4n) is 1.67. The van der Waals surface area contributed by atoms with E-state index in [9.17, 15) is 4.79 Å². The lowest BCUT2D eigenvalue weighted by Crippen LogP contribution is -2.40. The van der Waals surface area contributed by atoms with Crippen molar-refractivity contribution in [2.45, 2.75) is 51.6 Å². The zero-order valence-electron chi connectivity index (χ0n) is 10.8. The van der Waals surface area contributed by atoms with Crippen molar-refractivity contribution in [3.05, 3.63) is 12.7 Å². The number of carbonyl (C=O) groups is 1. The van der Waals surface area contributed by atoms with Gasteiger partial charge in [-0.3, -0.25) is 4.79 Å². The molecule has 0 heterocycles. The van der Waals surface area contributed by atoms with Crippen LogP contribution in [0.15, 0.2) is 12.7 Å². The maximum atomic E-state index is 11.9. The molecule has 1 fully saturated rings. The Morgan fingerprint density at radius 3 is 2.56 bits per heavy atom. The van der Waals surface area contributed by atoms with Gasteiger partial charge in [0.15, 0.2) is 0 Å². The summed E-state index contributed by atoms with van der Waals surface area (Å²) in [6, 6.07) is 0.486. The summed E-state index contributed by atoms with van der Waals surface area (Å²) in [6.45, 7) is 11.5. The zero-order valence-corrected chi connectivity index (χ0v) is 10.8. The molecule has 0 aromatic heterocycles. The number of carbonyl (C=O) groups excluding carboxylic acids is 1. The van der Waals surface area contributed by atoms with Crippen molar-refractivity contribution >= 4 is 5.91 Å². The Bertz CT molecular complexity index is 251. The van der Waals surface area contributed by atoms with E-state index in [0.717, 1.165) is 19.4 Å². The van der Waals surface area contributed by atoms with Crippen LogP contribution in [-0.4, -0.2) is 35.5 Å². The first-order chi connectivity index (χ1) is 7.44. The van der Waals surface area contributed by atoms with Crippen molar-refractivity contribution in [1.82, 2.24) is 10.2 Å². The van der Waals surface area contributed by atoms with Crippen LogP contribution in [0.3, 0.4) is 0 Å². The molecule has 3 heteroatoms. The highest BCUT2D eigenvalue weighted by Crippen LogP contribution is 2.27. The van der Waals surface area contributed by atoms with E-state index in [1.54, 1.807) is 0 Å². The van der Waals surface area contributed by atoms with Gasteiger partial charge in [-0.1, -0.05) is 6.08 Å². The lowest BCUT2D eigenvalue weighted by Gasteiger charge is -2.23. The van der Waals surface area contributed by atoms with Crippen molar-refractivity contribution < 1.29 is 4.79 Å². The van der Waals surface area contributed by atoms with E-state index in [4.69, 9.17) is 0 Å². The quantitative estimate of drug-likeness (QED) is 0.699. The van der Waals surface area contributed by atoms with Gasteiger partial charge in [-0.2, -0.15) is 0 Å². The Labute approximate surface area is 98.9 Å². The summed E-state index contributed by atoms with van der Waals surface area (Å²) >= 11 is 0. The number of nitrogens with zero attached hydrogens (tertiary/aromatic N) is 1. The third kappa shape index (κ3) is 4.79. The summed E-state index contributed by atoms with van der Waals surface area (Å²) in [5, 5.41) is 3.34. The van der Waals surface area contributed by atoms with E-state index in [1.807, 2.05) is 11.0 Å². The molecule has 1 aliphatic carbocycles. The van der Waals surface area contributed by atoms with Crippen molar-refractivity contribution in [3.8, 4) is 0 Å². The highest BCUT2D eigenvalue weighted by atomic mass is 16.2. The number of amides is 1. The molecule has 0 aromatic carbocycles. The Morgan fingerprint density at radius 2 is 2.12 bits per heavy atom. The lowest BCUT2D eigenvalue weighted by atomic mass is 10.1. The van der Waals surface area contributed by atoms with Crippen molar-refractivity contribution in [2.75, 3.05) is 13.1 Å². The van der Waals surface area contributed by atoms with Crippen LogP contribution in [0.1, 0.15) is 40.0 Å². The standard InChI is InChI=1S/C13H24N2O/c1-5-10-15(11-6-7-11)12(16)8-9-14-13(2,3)4/h5,11,14H,1,6-10H2,2-4H3. The van der Waals surface area contributed by atoms with Gasteiger partial charge >= 0.3 is 0 Å². The topological polar surface area (TPSA) is 32.3 Å². The maximum Gasteiger partial charge on any atom is 0.224 e. The SMILES string of the molecule is C=CCN(C(=O)CCNC(C)(C)C)C1CC1. The van der Waals surface area contributed by atoms with Crippen LogP contribution in [-0.2, 0) is 4.79 Å². The van der Waals surface area contributed by atoms with Crippen LogP contribution < -0.4 is 5.32 Å². The largest absolute Gasteiger partial charge is 0.336 e. The highest BCUT2D eigenvalue weighted by molar-refractivity contribution is 5.77. The third-order valence-corrected chi connectivity index (χ3v) is 2.63. The van der Waals surface area contributed by atoms with E-state index in [-0.39, 0.29) is 11.4 Å². The smallest absolute Gasteiger partial charge is 0.224 e. The van der Waals surface area contributed by atoms with Gasteiger partial charge < -0.3 is 10.2 Å². The van der Waals surface area contributed by atoms with Gasteiger partial charge in [-0.05, 0) is 33.6 Å². The minimum absolute atomic E-state index is 0.0864. The van der Waals surface area contributed by atoms with E-state index < -0.39 is 0 Å². The fourth-order valence-corrected chi connectivity index (χ4v) is 1.67. The lowest BCUT2D eigenvalue weighted by molar-refractivity contribution is -0.131. The summed E-state index contributed by atoms with van der Waals surface area (Å²) in [4.78, 5) is 13.9. The molecule has 0 unspecified atom stereocenters. The summed E-state index contributed by atoms with van der Waals surface area (Å²) in [6.07, 6.45) is 4.72. The molecule has 1 amide bonds. The Hall–Kier alpha value is -0.830. The molecule has 0 spiro atoms. The molecule has 0 bridgehead atoms. The van der Waals surface area contributed by atoms with Crippen molar-refractivity contribution in [2.24, 2.45) is 0 Å². The van der Waals surface area contributed by atoms with Gasteiger partial charge in [0.05, 0.1) is 0 Å². The van der Waals surface area contributed by atoms with E-state index in [2.05, 4.69) is 32.7 Å². The number of nitrogens with one attached hydrogen (secondary N) is 1. The van der Waals surface area contributed by atoms with Crippen LogP contribution in [0.2, 0.25) is 0 Å². The van der Waals surface area contributed by atoms with Crippen LogP contribution in [0, 0.1) is 0 Å². The molecule has 0 aromatic rings. The Balaban J connectivity index is 2.29. The second-order valence-corrected chi connectivity index (χ2v) is 5.49. The number of hydrogen-bond donors (Lipinski definition) is 1. The second-order valence-electron chi connectivity index (χ2n) is 5.49. The highest BCUT2D eigenvalue weighted by Gasteiger charge is 2.31. The monoisotopic (exact) mass is 224 g/mol. The summed E-state index contributed by atoms with van der Waals surface area (Å²) in [5.41, 5.74) is 0.0864. The molecule has 1 saturated carbocycles. The average Bonchev–Trinajstić information content (AvgIpc) is 2.95. The summed E-state index contributed by atoms with van der Waals surface area (Å²) in [5.74, 6) is 0.249. The van der Waals surface area contributed by atoms with Crippen LogP contribution in [0.25, 0.3) is 0 Å². The molecular formula is C13H24N2O. The van der Waals surface area contributed by atoms with Gasteiger partial charge in [0.2, 0.25) is 5.91 Å². The van der Waals surface area contributed by atoms with Crippen LogP contribution in [0.5, 0.6) is 0 Å². The molecule has 16 heavy (non-hydrogen) atoms. The molecule has 1 aliphatic rings. The molecule has 0 aliphatic heterocycles. The summed E-state index contributed by atoms with van der Waals surface area (Å²) in [7, 11) is 0. The molecule has 0 radical (unpaired) electrons.